The van der Waals surface area contributed by atoms with Crippen molar-refractivity contribution in [3.8, 4) is 0 Å². The minimum atomic E-state index is -0.608. The molecule has 2 heterocycles. The molecule has 1 N–H and O–H groups in total. The Morgan fingerprint density at radius 3 is 2.58 bits per heavy atom. The van der Waals surface area contributed by atoms with E-state index in [0.29, 0.717) is 0 Å². The number of carbonyl (C=O) groups excluding carboxylic acids is 1. The van der Waals surface area contributed by atoms with E-state index in [1.807, 2.05) is 0 Å². The third-order valence-electron chi connectivity index (χ3n) is 3.71. The Bertz CT molecular complexity index is 775. The Balaban J connectivity index is 1.72. The minimum Gasteiger partial charge on any atom is -0.355 e. The molecule has 1 saturated heterocycles. The van der Waals surface area contributed by atoms with E-state index in [-0.39, 0.29) is 22.1 Å². The number of rotatable bonds is 4. The molecule has 1 aliphatic heterocycles. The molecular weight excluding hydrogens is 334 g/mol. The van der Waals surface area contributed by atoms with Crippen LogP contribution in [0.5, 0.6) is 0 Å². The zero-order valence-corrected chi connectivity index (χ0v) is 13.4. The highest BCUT2D eigenvalue weighted by atomic mass is 35.5. The first-order valence-electron chi connectivity index (χ1n) is 7.38. The fourth-order valence-electron chi connectivity index (χ4n) is 2.49. The van der Waals surface area contributed by atoms with Crippen LogP contribution >= 0.6 is 11.6 Å². The quantitative estimate of drug-likeness (QED) is 0.674. The van der Waals surface area contributed by atoms with Crippen molar-refractivity contribution in [1.29, 1.82) is 0 Å². The van der Waals surface area contributed by atoms with Crippen molar-refractivity contribution < 1.29 is 9.72 Å². The van der Waals surface area contributed by atoms with E-state index in [0.717, 1.165) is 31.7 Å². The minimum absolute atomic E-state index is 0.00718. The van der Waals surface area contributed by atoms with Gasteiger partial charge in [0.2, 0.25) is 0 Å². The molecule has 1 aromatic heterocycles. The summed E-state index contributed by atoms with van der Waals surface area (Å²) in [6, 6.07) is 7.38. The van der Waals surface area contributed by atoms with Crippen molar-refractivity contribution in [2.24, 2.45) is 0 Å². The maximum atomic E-state index is 12.2. The van der Waals surface area contributed by atoms with Crippen molar-refractivity contribution in [3.63, 3.8) is 0 Å². The number of hydrogen-bond acceptors (Lipinski definition) is 6. The first-order chi connectivity index (χ1) is 11.5. The molecule has 0 radical (unpaired) electrons. The number of nitro benzene ring substituents is 1. The van der Waals surface area contributed by atoms with Crippen LogP contribution < -0.4 is 10.2 Å². The normalized spacial score (nSPS) is 13.8. The van der Waals surface area contributed by atoms with Crippen LogP contribution in [0.15, 0.2) is 30.3 Å². The lowest BCUT2D eigenvalue weighted by molar-refractivity contribution is -0.384. The number of nitrogens with one attached hydrogen (secondary N) is 1. The van der Waals surface area contributed by atoms with Crippen LogP contribution in [0.2, 0.25) is 5.02 Å². The van der Waals surface area contributed by atoms with Crippen LogP contribution in [0, 0.1) is 10.1 Å². The molecule has 2 aromatic rings. The molecule has 24 heavy (non-hydrogen) atoms. The maximum Gasteiger partial charge on any atom is 0.289 e. The topological polar surface area (TPSA) is 101 Å². The van der Waals surface area contributed by atoms with Gasteiger partial charge in [-0.15, -0.1) is 10.2 Å². The first-order valence-corrected chi connectivity index (χ1v) is 7.76. The van der Waals surface area contributed by atoms with Crippen LogP contribution in [-0.4, -0.2) is 34.1 Å². The summed E-state index contributed by atoms with van der Waals surface area (Å²) < 4.78 is 0. The molecule has 3 rings (SSSR count). The molecule has 1 aromatic carbocycles. The molecule has 8 nitrogen and oxygen atoms in total. The summed E-state index contributed by atoms with van der Waals surface area (Å²) in [4.78, 5) is 24.6. The van der Waals surface area contributed by atoms with Gasteiger partial charge in [0.05, 0.1) is 4.92 Å². The number of halogens is 1. The van der Waals surface area contributed by atoms with Crippen LogP contribution in [0.3, 0.4) is 0 Å². The third kappa shape index (κ3) is 3.43. The van der Waals surface area contributed by atoms with Crippen molar-refractivity contribution >= 4 is 34.7 Å². The van der Waals surface area contributed by atoms with E-state index in [9.17, 15) is 14.9 Å². The standard InChI is InChI=1S/C15H14ClN5O3/c16-11-4-3-10(9-13(11)21(23)24)17-15(22)12-5-6-14(19-18-12)20-7-1-2-8-20/h3-6,9H,1-2,7-8H2,(H,17,22). The smallest absolute Gasteiger partial charge is 0.289 e. The van der Waals surface area contributed by atoms with Crippen LogP contribution in [-0.2, 0) is 0 Å². The second-order valence-corrected chi connectivity index (χ2v) is 5.76. The van der Waals surface area contributed by atoms with Gasteiger partial charge in [0, 0.05) is 24.8 Å². The largest absolute Gasteiger partial charge is 0.355 e. The Hall–Kier alpha value is -2.74. The van der Waals surface area contributed by atoms with Crippen LogP contribution in [0.4, 0.5) is 17.2 Å². The third-order valence-corrected chi connectivity index (χ3v) is 4.03. The molecule has 1 aliphatic rings. The van der Waals surface area contributed by atoms with Gasteiger partial charge in [-0.3, -0.25) is 14.9 Å². The molecule has 0 bridgehead atoms. The predicted octanol–water partition coefficient (Wildman–Crippen LogP) is 2.89. The molecular formula is C15H14ClN5O3. The van der Waals surface area contributed by atoms with Crippen molar-refractivity contribution in [2.45, 2.75) is 12.8 Å². The second-order valence-electron chi connectivity index (χ2n) is 5.35. The van der Waals surface area contributed by atoms with Gasteiger partial charge in [0.25, 0.3) is 11.6 Å². The summed E-state index contributed by atoms with van der Waals surface area (Å²) in [6.45, 7) is 1.88. The van der Waals surface area contributed by atoms with Gasteiger partial charge in [-0.25, -0.2) is 0 Å². The highest BCUT2D eigenvalue weighted by Gasteiger charge is 2.17. The number of amides is 1. The Morgan fingerprint density at radius 2 is 1.96 bits per heavy atom. The molecule has 0 spiro atoms. The first kappa shape index (κ1) is 16.1. The summed E-state index contributed by atoms with van der Waals surface area (Å²) in [6.07, 6.45) is 2.25. The number of nitrogens with zero attached hydrogens (tertiary/aromatic N) is 4. The monoisotopic (exact) mass is 347 g/mol. The van der Waals surface area contributed by atoms with E-state index >= 15 is 0 Å². The molecule has 0 aliphatic carbocycles. The average molecular weight is 348 g/mol. The number of nitro groups is 1. The van der Waals surface area contributed by atoms with E-state index in [1.54, 1.807) is 12.1 Å². The van der Waals surface area contributed by atoms with Crippen molar-refractivity contribution in [2.75, 3.05) is 23.3 Å². The summed E-state index contributed by atoms with van der Waals surface area (Å²) in [7, 11) is 0. The summed E-state index contributed by atoms with van der Waals surface area (Å²) in [5.74, 6) is 0.248. The molecule has 0 unspecified atom stereocenters. The average Bonchev–Trinajstić information content (AvgIpc) is 3.11. The van der Waals surface area contributed by atoms with Gasteiger partial charge in [0.15, 0.2) is 11.5 Å². The SMILES string of the molecule is O=C(Nc1ccc(Cl)c([N+](=O)[O-])c1)c1ccc(N2CCCC2)nn1. The van der Waals surface area contributed by atoms with Gasteiger partial charge >= 0.3 is 0 Å². The van der Waals surface area contributed by atoms with Gasteiger partial charge < -0.3 is 10.2 Å². The number of carbonyl (C=O) groups is 1. The van der Waals surface area contributed by atoms with Crippen LogP contribution in [0.25, 0.3) is 0 Å². The molecule has 1 fully saturated rings. The van der Waals surface area contributed by atoms with Crippen molar-refractivity contribution in [3.05, 3.63) is 51.2 Å². The number of benzene rings is 1. The van der Waals surface area contributed by atoms with Crippen molar-refractivity contribution in [1.82, 2.24) is 10.2 Å². The summed E-state index contributed by atoms with van der Waals surface area (Å²) in [5, 5.41) is 21.4. The van der Waals surface area contributed by atoms with Gasteiger partial charge in [0.1, 0.15) is 5.02 Å². The van der Waals surface area contributed by atoms with E-state index < -0.39 is 10.8 Å². The highest BCUT2D eigenvalue weighted by molar-refractivity contribution is 6.32. The fraction of sp³-hybridized carbons (Fsp3) is 0.267. The van der Waals surface area contributed by atoms with Gasteiger partial charge in [-0.05, 0) is 37.1 Å². The molecule has 0 atom stereocenters. The fourth-order valence-corrected chi connectivity index (χ4v) is 2.67. The number of anilines is 2. The Labute approximate surface area is 142 Å². The number of hydrogen-bond donors (Lipinski definition) is 1. The highest BCUT2D eigenvalue weighted by Crippen LogP contribution is 2.27. The number of aromatic nitrogens is 2. The summed E-state index contributed by atoms with van der Waals surface area (Å²) >= 11 is 5.74. The van der Waals surface area contributed by atoms with Gasteiger partial charge in [-0.2, -0.15) is 0 Å². The summed E-state index contributed by atoms with van der Waals surface area (Å²) in [5.41, 5.74) is 0.127. The second kappa shape index (κ2) is 6.79. The Kier molecular flexibility index (Phi) is 4.57. The van der Waals surface area contributed by atoms with Gasteiger partial charge in [-0.1, -0.05) is 11.6 Å². The Morgan fingerprint density at radius 1 is 1.21 bits per heavy atom. The lowest BCUT2D eigenvalue weighted by atomic mass is 10.2. The van der Waals surface area contributed by atoms with E-state index in [1.165, 1.54) is 18.2 Å². The lowest BCUT2D eigenvalue weighted by Crippen LogP contribution is -2.21. The lowest BCUT2D eigenvalue weighted by Gasteiger charge is -2.15. The molecule has 9 heteroatoms. The zero-order chi connectivity index (χ0) is 17.1. The molecule has 0 saturated carbocycles. The molecule has 124 valence electrons. The predicted molar refractivity (Wildman–Crippen MR) is 89.5 cm³/mol. The van der Waals surface area contributed by atoms with Crippen LogP contribution in [0.1, 0.15) is 23.3 Å². The van der Waals surface area contributed by atoms with E-state index in [4.69, 9.17) is 11.6 Å². The molecule has 1 amide bonds. The zero-order valence-electron chi connectivity index (χ0n) is 12.6. The van der Waals surface area contributed by atoms with E-state index in [2.05, 4.69) is 20.4 Å². The maximum absolute atomic E-state index is 12.2.